The molecule has 0 unspecified atom stereocenters. The summed E-state index contributed by atoms with van der Waals surface area (Å²) >= 11 is 0. The molecule has 1 saturated heterocycles. The van der Waals surface area contributed by atoms with E-state index in [-0.39, 0.29) is 18.4 Å². The largest absolute Gasteiger partial charge is 0.438 e. The maximum Gasteiger partial charge on any atom is 0.411 e. The molecule has 0 radical (unpaired) electrons. The number of rotatable bonds is 8. The van der Waals surface area contributed by atoms with Gasteiger partial charge < -0.3 is 15.4 Å². The molecule has 1 fully saturated rings. The maximum atomic E-state index is 13.5. The molecule has 4 rings (SSSR count). The van der Waals surface area contributed by atoms with Crippen LogP contribution < -0.4 is 10.6 Å². The molecule has 0 saturated carbocycles. The van der Waals surface area contributed by atoms with Gasteiger partial charge in [-0.1, -0.05) is 56.3 Å². The zero-order valence-electron chi connectivity index (χ0n) is 20.1. The summed E-state index contributed by atoms with van der Waals surface area (Å²) in [5, 5.41) is 5.71. The predicted molar refractivity (Wildman–Crippen MR) is 135 cm³/mol. The standard InChI is InChI=1S/C28H28FN3O4/c1-18(2)15-24(33)30-23-10-6-7-20(16-23)26-25(27(34)31-22-8-4-3-5-9-22)32(28(35)36-26)17-19-11-13-21(29)14-12-19/h3-14,16,18,25-26H,15,17H2,1-2H3,(H,30,33)(H,31,34)/t25-,26-/m0/s1. The number of ether oxygens (including phenoxy) is 1. The number of nitrogens with one attached hydrogen (secondary N) is 2. The van der Waals surface area contributed by atoms with Gasteiger partial charge in [-0.25, -0.2) is 9.18 Å². The Hall–Kier alpha value is -4.20. The van der Waals surface area contributed by atoms with E-state index in [0.717, 1.165) is 0 Å². The third kappa shape index (κ3) is 6.07. The number of hydrogen-bond acceptors (Lipinski definition) is 4. The lowest BCUT2D eigenvalue weighted by Gasteiger charge is -2.24. The van der Waals surface area contributed by atoms with Crippen molar-refractivity contribution in [2.24, 2.45) is 5.92 Å². The van der Waals surface area contributed by atoms with Crippen LogP contribution in [0.4, 0.5) is 20.6 Å². The first-order chi connectivity index (χ1) is 17.3. The third-order valence-electron chi connectivity index (χ3n) is 5.75. The van der Waals surface area contributed by atoms with E-state index >= 15 is 0 Å². The number of hydrogen-bond donors (Lipinski definition) is 2. The fourth-order valence-corrected chi connectivity index (χ4v) is 4.11. The first-order valence-corrected chi connectivity index (χ1v) is 11.8. The fourth-order valence-electron chi connectivity index (χ4n) is 4.11. The maximum absolute atomic E-state index is 13.5. The van der Waals surface area contributed by atoms with Gasteiger partial charge in [-0.2, -0.15) is 0 Å². The Morgan fingerprint density at radius 1 is 0.944 bits per heavy atom. The van der Waals surface area contributed by atoms with Crippen LogP contribution in [-0.4, -0.2) is 28.8 Å². The van der Waals surface area contributed by atoms with Crippen molar-refractivity contribution in [3.63, 3.8) is 0 Å². The van der Waals surface area contributed by atoms with Crippen molar-refractivity contribution < 1.29 is 23.5 Å². The van der Waals surface area contributed by atoms with Gasteiger partial charge in [-0.05, 0) is 53.4 Å². The summed E-state index contributed by atoms with van der Waals surface area (Å²) in [4.78, 5) is 40.0. The highest BCUT2D eigenvalue weighted by molar-refractivity contribution is 5.98. The fraction of sp³-hybridized carbons (Fsp3) is 0.250. The minimum atomic E-state index is -0.996. The van der Waals surface area contributed by atoms with Crippen LogP contribution in [0.25, 0.3) is 0 Å². The second-order valence-electron chi connectivity index (χ2n) is 9.13. The van der Waals surface area contributed by atoms with Crippen molar-refractivity contribution in [3.05, 3.63) is 95.8 Å². The molecule has 1 aliphatic rings. The van der Waals surface area contributed by atoms with Crippen molar-refractivity contribution in [2.45, 2.75) is 39.0 Å². The Kier molecular flexibility index (Phi) is 7.63. The van der Waals surface area contributed by atoms with Crippen LogP contribution in [0.1, 0.15) is 37.5 Å². The molecular formula is C28H28FN3O4. The highest BCUT2D eigenvalue weighted by Crippen LogP contribution is 2.35. The van der Waals surface area contributed by atoms with Gasteiger partial charge in [0.1, 0.15) is 5.82 Å². The number of carbonyl (C=O) groups excluding carboxylic acids is 3. The Balaban J connectivity index is 1.63. The number of benzene rings is 3. The van der Waals surface area contributed by atoms with Crippen LogP contribution in [0.15, 0.2) is 78.9 Å². The first-order valence-electron chi connectivity index (χ1n) is 11.8. The van der Waals surface area contributed by atoms with E-state index < -0.39 is 30.0 Å². The molecule has 0 bridgehead atoms. The summed E-state index contributed by atoms with van der Waals surface area (Å²) in [5.74, 6) is -0.736. The van der Waals surface area contributed by atoms with E-state index in [2.05, 4.69) is 10.6 Å². The smallest absolute Gasteiger partial charge is 0.411 e. The lowest BCUT2D eigenvalue weighted by molar-refractivity contribution is -0.121. The summed E-state index contributed by atoms with van der Waals surface area (Å²) in [7, 11) is 0. The van der Waals surface area contributed by atoms with Crippen molar-refractivity contribution in [1.29, 1.82) is 0 Å². The normalized spacial score (nSPS) is 17.1. The average Bonchev–Trinajstić information content (AvgIpc) is 3.17. The molecular weight excluding hydrogens is 461 g/mol. The average molecular weight is 490 g/mol. The molecule has 3 amide bonds. The van der Waals surface area contributed by atoms with E-state index in [4.69, 9.17) is 4.74 Å². The minimum Gasteiger partial charge on any atom is -0.438 e. The number of para-hydroxylation sites is 1. The van der Waals surface area contributed by atoms with E-state index in [9.17, 15) is 18.8 Å². The predicted octanol–water partition coefficient (Wildman–Crippen LogP) is 5.51. The molecule has 3 aromatic rings. The van der Waals surface area contributed by atoms with E-state index in [1.54, 1.807) is 60.7 Å². The van der Waals surface area contributed by atoms with Gasteiger partial charge in [-0.15, -0.1) is 0 Å². The summed E-state index contributed by atoms with van der Waals surface area (Å²) in [6.07, 6.45) is -1.20. The molecule has 1 heterocycles. The third-order valence-corrected chi connectivity index (χ3v) is 5.75. The quantitative estimate of drug-likeness (QED) is 0.437. The van der Waals surface area contributed by atoms with Crippen LogP contribution in [0, 0.1) is 11.7 Å². The number of cyclic esters (lactones) is 1. The summed E-state index contributed by atoms with van der Waals surface area (Å²) in [5.41, 5.74) is 2.35. The Labute approximate surface area is 209 Å². The summed E-state index contributed by atoms with van der Waals surface area (Å²) < 4.78 is 19.1. The molecule has 1 aliphatic heterocycles. The monoisotopic (exact) mass is 489 g/mol. The summed E-state index contributed by atoms with van der Waals surface area (Å²) in [6, 6.07) is 20.6. The second-order valence-corrected chi connectivity index (χ2v) is 9.13. The van der Waals surface area contributed by atoms with Crippen LogP contribution in [0.2, 0.25) is 0 Å². The highest BCUT2D eigenvalue weighted by Gasteiger charge is 2.47. The topological polar surface area (TPSA) is 87.7 Å². The zero-order chi connectivity index (χ0) is 25.7. The molecule has 2 atom stereocenters. The van der Waals surface area contributed by atoms with Crippen LogP contribution in [-0.2, 0) is 20.9 Å². The van der Waals surface area contributed by atoms with Crippen molar-refractivity contribution >= 4 is 29.3 Å². The summed E-state index contributed by atoms with van der Waals surface area (Å²) in [6.45, 7) is 3.98. The van der Waals surface area contributed by atoms with Gasteiger partial charge in [-0.3, -0.25) is 14.5 Å². The lowest BCUT2D eigenvalue weighted by atomic mass is 9.99. The second kappa shape index (κ2) is 11.0. The van der Waals surface area contributed by atoms with Gasteiger partial charge in [0.05, 0.1) is 6.54 Å². The van der Waals surface area contributed by atoms with Crippen molar-refractivity contribution in [1.82, 2.24) is 4.90 Å². The number of halogens is 1. The first kappa shape index (κ1) is 24.9. The molecule has 36 heavy (non-hydrogen) atoms. The SMILES string of the molecule is CC(C)CC(=O)Nc1cccc([C@@H]2OC(=O)N(Cc3ccc(F)cc3)[C@@H]2C(=O)Nc2ccccc2)c1. The molecule has 186 valence electrons. The Morgan fingerprint density at radius 3 is 2.33 bits per heavy atom. The van der Waals surface area contributed by atoms with Crippen LogP contribution >= 0.6 is 0 Å². The number of carbonyl (C=O) groups is 3. The van der Waals surface area contributed by atoms with Crippen LogP contribution in [0.5, 0.6) is 0 Å². The molecule has 3 aromatic carbocycles. The molecule has 2 N–H and O–H groups in total. The van der Waals surface area contributed by atoms with Gasteiger partial charge in [0.2, 0.25) is 5.91 Å². The molecule has 0 aromatic heterocycles. The Morgan fingerprint density at radius 2 is 1.64 bits per heavy atom. The lowest BCUT2D eigenvalue weighted by Crippen LogP contribution is -2.43. The number of anilines is 2. The minimum absolute atomic E-state index is 0.0628. The van der Waals surface area contributed by atoms with E-state index in [1.165, 1.54) is 17.0 Å². The van der Waals surface area contributed by atoms with Crippen molar-refractivity contribution in [3.8, 4) is 0 Å². The van der Waals surface area contributed by atoms with Gasteiger partial charge in [0.15, 0.2) is 12.1 Å². The molecule has 8 heteroatoms. The van der Waals surface area contributed by atoms with E-state index in [0.29, 0.717) is 28.9 Å². The Bertz CT molecular complexity index is 1230. The van der Waals surface area contributed by atoms with E-state index in [1.807, 2.05) is 19.9 Å². The molecule has 0 aliphatic carbocycles. The van der Waals surface area contributed by atoms with Crippen LogP contribution in [0.3, 0.4) is 0 Å². The number of nitrogens with zero attached hydrogens (tertiary/aromatic N) is 1. The van der Waals surface area contributed by atoms with Gasteiger partial charge in [0.25, 0.3) is 5.91 Å². The molecule has 7 nitrogen and oxygen atoms in total. The highest BCUT2D eigenvalue weighted by atomic mass is 19.1. The van der Waals surface area contributed by atoms with Crippen molar-refractivity contribution in [2.75, 3.05) is 10.6 Å². The molecule has 0 spiro atoms. The van der Waals surface area contributed by atoms with Gasteiger partial charge in [0, 0.05) is 17.8 Å². The van der Waals surface area contributed by atoms with Gasteiger partial charge >= 0.3 is 6.09 Å². The zero-order valence-corrected chi connectivity index (χ0v) is 20.1. The number of amides is 3.